The fourth-order valence-corrected chi connectivity index (χ4v) is 4.24. The molecule has 3 rings (SSSR count). The average Bonchev–Trinajstić information content (AvgIpc) is 3.13. The van der Waals surface area contributed by atoms with Gasteiger partial charge in [0.05, 0.1) is 0 Å². The number of fused-ring (bicyclic) bond motifs is 1. The summed E-state index contributed by atoms with van der Waals surface area (Å²) in [6.07, 6.45) is 11.1. The number of benzene rings is 1. The fraction of sp³-hybridized carbons (Fsp3) is 0.458. The quantitative estimate of drug-likeness (QED) is 0.382. The van der Waals surface area contributed by atoms with E-state index in [0.29, 0.717) is 11.8 Å². The van der Waals surface area contributed by atoms with Crippen LogP contribution in [0.25, 0.3) is 6.08 Å². The molecule has 3 unspecified atom stereocenters. The van der Waals surface area contributed by atoms with Crippen molar-refractivity contribution in [3.63, 3.8) is 0 Å². The molecule has 0 saturated heterocycles. The van der Waals surface area contributed by atoms with Crippen LogP contribution in [0.4, 0.5) is 0 Å². The molecular weight excluding hydrogens is 320 g/mol. The third-order valence-electron chi connectivity index (χ3n) is 5.89. The number of esters is 1. The second kappa shape index (κ2) is 7.65. The third-order valence-corrected chi connectivity index (χ3v) is 5.89. The predicted molar refractivity (Wildman–Crippen MR) is 107 cm³/mol. The van der Waals surface area contributed by atoms with E-state index in [2.05, 4.69) is 39.8 Å². The maximum atomic E-state index is 12.4. The lowest BCUT2D eigenvalue weighted by Gasteiger charge is -2.20. The normalized spacial score (nSPS) is 27.9. The van der Waals surface area contributed by atoms with Gasteiger partial charge in [-0.1, -0.05) is 67.5 Å². The van der Waals surface area contributed by atoms with Crippen molar-refractivity contribution in [3.8, 4) is 0 Å². The van der Waals surface area contributed by atoms with E-state index in [1.54, 1.807) is 6.08 Å². The van der Waals surface area contributed by atoms with Gasteiger partial charge in [0, 0.05) is 18.4 Å². The van der Waals surface area contributed by atoms with Crippen LogP contribution in [0.2, 0.25) is 0 Å². The van der Waals surface area contributed by atoms with Crippen molar-refractivity contribution in [2.24, 2.45) is 17.3 Å². The highest BCUT2D eigenvalue weighted by molar-refractivity contribution is 5.87. The van der Waals surface area contributed by atoms with Crippen molar-refractivity contribution in [1.82, 2.24) is 0 Å². The molecule has 1 aromatic rings. The Morgan fingerprint density at radius 3 is 2.62 bits per heavy atom. The SMILES string of the molecule is CC1=CC2C(C(OC(=O)C=Cc3ccccc3)CC(C)=CCC1)C2(C)C. The van der Waals surface area contributed by atoms with Crippen LogP contribution >= 0.6 is 0 Å². The molecule has 0 N–H and O–H groups in total. The molecular formula is C24H30O2. The van der Waals surface area contributed by atoms with Gasteiger partial charge in [-0.2, -0.15) is 0 Å². The smallest absolute Gasteiger partial charge is 0.331 e. The standard InChI is InChI=1S/C24H30O2/c1-17-9-8-10-18(2)16-21(23-20(15-17)24(23,3)4)26-22(25)14-13-19-11-6-5-7-12-19/h5-7,10-15,20-21,23H,8-9,16H2,1-4H3. The Labute approximate surface area is 157 Å². The van der Waals surface area contributed by atoms with Crippen LogP contribution in [0.3, 0.4) is 0 Å². The van der Waals surface area contributed by atoms with Gasteiger partial charge >= 0.3 is 5.97 Å². The molecule has 138 valence electrons. The van der Waals surface area contributed by atoms with Crippen molar-refractivity contribution >= 4 is 12.0 Å². The van der Waals surface area contributed by atoms with E-state index < -0.39 is 0 Å². The molecule has 0 bridgehead atoms. The first-order valence-electron chi connectivity index (χ1n) is 9.64. The first-order chi connectivity index (χ1) is 12.4. The minimum Gasteiger partial charge on any atom is -0.459 e. The van der Waals surface area contributed by atoms with Gasteiger partial charge in [0.2, 0.25) is 0 Å². The van der Waals surface area contributed by atoms with Crippen LogP contribution < -0.4 is 0 Å². The number of allylic oxidation sites excluding steroid dienone is 3. The Kier molecular flexibility index (Phi) is 5.50. The van der Waals surface area contributed by atoms with Crippen LogP contribution in [0, 0.1) is 17.3 Å². The zero-order valence-electron chi connectivity index (χ0n) is 16.4. The number of hydrogen-bond donors (Lipinski definition) is 0. The summed E-state index contributed by atoms with van der Waals surface area (Å²) in [4.78, 5) is 12.4. The second-order valence-corrected chi connectivity index (χ2v) is 8.40. The molecule has 26 heavy (non-hydrogen) atoms. The number of carbonyl (C=O) groups is 1. The van der Waals surface area contributed by atoms with Crippen molar-refractivity contribution in [2.45, 2.75) is 53.1 Å². The summed E-state index contributed by atoms with van der Waals surface area (Å²) in [5.74, 6) is 0.656. The molecule has 3 atom stereocenters. The van der Waals surface area contributed by atoms with E-state index in [0.717, 1.165) is 24.8 Å². The van der Waals surface area contributed by atoms with E-state index in [-0.39, 0.29) is 17.5 Å². The van der Waals surface area contributed by atoms with Gasteiger partial charge in [-0.15, -0.1) is 0 Å². The first-order valence-corrected chi connectivity index (χ1v) is 9.64. The molecule has 1 fully saturated rings. The van der Waals surface area contributed by atoms with Gasteiger partial charge in [0.25, 0.3) is 0 Å². The van der Waals surface area contributed by atoms with E-state index >= 15 is 0 Å². The molecule has 0 aromatic heterocycles. The largest absolute Gasteiger partial charge is 0.459 e. The fourth-order valence-electron chi connectivity index (χ4n) is 4.24. The molecule has 0 aliphatic heterocycles. The number of ether oxygens (including phenoxy) is 1. The zero-order valence-corrected chi connectivity index (χ0v) is 16.4. The third kappa shape index (κ3) is 4.35. The van der Waals surface area contributed by atoms with E-state index in [1.807, 2.05) is 36.4 Å². The Hall–Kier alpha value is -2.09. The molecule has 0 amide bonds. The molecule has 1 saturated carbocycles. The zero-order chi connectivity index (χ0) is 18.7. The van der Waals surface area contributed by atoms with Gasteiger partial charge in [0.15, 0.2) is 0 Å². The molecule has 2 aliphatic rings. The summed E-state index contributed by atoms with van der Waals surface area (Å²) in [6.45, 7) is 8.97. The van der Waals surface area contributed by atoms with Gasteiger partial charge in [-0.25, -0.2) is 4.79 Å². The van der Waals surface area contributed by atoms with Crippen LogP contribution in [-0.2, 0) is 9.53 Å². The van der Waals surface area contributed by atoms with Gasteiger partial charge < -0.3 is 4.74 Å². The van der Waals surface area contributed by atoms with Gasteiger partial charge in [0.1, 0.15) is 6.10 Å². The second-order valence-electron chi connectivity index (χ2n) is 8.40. The van der Waals surface area contributed by atoms with Gasteiger partial charge in [-0.3, -0.25) is 0 Å². The summed E-state index contributed by atoms with van der Waals surface area (Å²) in [6, 6.07) is 9.86. The van der Waals surface area contributed by atoms with Crippen molar-refractivity contribution < 1.29 is 9.53 Å². The Morgan fingerprint density at radius 2 is 1.88 bits per heavy atom. The van der Waals surface area contributed by atoms with Gasteiger partial charge in [-0.05, 0) is 49.7 Å². The number of carbonyl (C=O) groups excluding carboxylic acids is 1. The molecule has 2 heteroatoms. The maximum absolute atomic E-state index is 12.4. The average molecular weight is 351 g/mol. The molecule has 2 aliphatic carbocycles. The van der Waals surface area contributed by atoms with E-state index in [1.165, 1.54) is 11.1 Å². The number of rotatable bonds is 3. The lowest BCUT2D eigenvalue weighted by atomic mass is 9.98. The highest BCUT2D eigenvalue weighted by Gasteiger charge is 2.60. The minimum atomic E-state index is -0.245. The Morgan fingerprint density at radius 1 is 1.15 bits per heavy atom. The minimum absolute atomic E-state index is 0.0543. The first kappa shape index (κ1) is 18.7. The lowest BCUT2D eigenvalue weighted by molar-refractivity contribution is -0.144. The van der Waals surface area contributed by atoms with Crippen LogP contribution in [0.15, 0.2) is 59.7 Å². The highest BCUT2D eigenvalue weighted by atomic mass is 16.5. The summed E-state index contributed by atoms with van der Waals surface area (Å²) < 4.78 is 5.94. The van der Waals surface area contributed by atoms with E-state index in [9.17, 15) is 4.79 Å². The summed E-state index contributed by atoms with van der Waals surface area (Å²) in [5, 5.41) is 0. The molecule has 0 spiro atoms. The van der Waals surface area contributed by atoms with Crippen LogP contribution in [-0.4, -0.2) is 12.1 Å². The topological polar surface area (TPSA) is 26.3 Å². The highest BCUT2D eigenvalue weighted by Crippen LogP contribution is 2.62. The summed E-state index contributed by atoms with van der Waals surface area (Å²) in [5.41, 5.74) is 3.98. The Bertz CT molecular complexity index is 737. The van der Waals surface area contributed by atoms with Crippen LogP contribution in [0.1, 0.15) is 52.5 Å². The van der Waals surface area contributed by atoms with Crippen LogP contribution in [0.5, 0.6) is 0 Å². The van der Waals surface area contributed by atoms with Crippen molar-refractivity contribution in [2.75, 3.05) is 0 Å². The van der Waals surface area contributed by atoms with Crippen molar-refractivity contribution in [1.29, 1.82) is 0 Å². The molecule has 1 aromatic carbocycles. The predicted octanol–water partition coefficient (Wildman–Crippen LogP) is 5.96. The summed E-state index contributed by atoms with van der Waals surface area (Å²) >= 11 is 0. The van der Waals surface area contributed by atoms with E-state index in [4.69, 9.17) is 4.74 Å². The summed E-state index contributed by atoms with van der Waals surface area (Å²) in [7, 11) is 0. The number of hydrogen-bond acceptors (Lipinski definition) is 2. The maximum Gasteiger partial charge on any atom is 0.331 e. The van der Waals surface area contributed by atoms with Crippen molar-refractivity contribution in [3.05, 3.63) is 65.3 Å². The Balaban J connectivity index is 1.74. The molecule has 2 nitrogen and oxygen atoms in total. The molecule has 0 radical (unpaired) electrons. The monoisotopic (exact) mass is 350 g/mol. The molecule has 0 heterocycles. The lowest BCUT2D eigenvalue weighted by Crippen LogP contribution is -2.22.